The van der Waals surface area contributed by atoms with Gasteiger partial charge < -0.3 is 0 Å². The summed E-state index contributed by atoms with van der Waals surface area (Å²) in [6, 6.07) is 0. The van der Waals surface area contributed by atoms with Gasteiger partial charge in [0.2, 0.25) is 0 Å². The van der Waals surface area contributed by atoms with E-state index < -0.39 is 0 Å². The van der Waals surface area contributed by atoms with Crippen LogP contribution in [-0.4, -0.2) is 0 Å². The zero-order valence-corrected chi connectivity index (χ0v) is 7.74. The lowest BCUT2D eigenvalue weighted by Gasteiger charge is -2.30. The van der Waals surface area contributed by atoms with E-state index in [0.717, 1.165) is 11.8 Å². The minimum atomic E-state index is 0.726. The Bertz CT molecular complexity index is 339. The second-order valence-corrected chi connectivity index (χ2v) is 4.14. The van der Waals surface area contributed by atoms with Crippen LogP contribution in [0, 0.1) is 11.8 Å². The van der Waals surface area contributed by atoms with E-state index >= 15 is 0 Å². The quantitative estimate of drug-likeness (QED) is 0.489. The highest BCUT2D eigenvalue weighted by Crippen LogP contribution is 2.40. The van der Waals surface area contributed by atoms with Crippen LogP contribution in [0.1, 0.15) is 19.3 Å². The lowest BCUT2D eigenvalue weighted by molar-refractivity contribution is 0.467. The highest BCUT2D eigenvalue weighted by molar-refractivity contribution is 5.47. The third kappa shape index (κ3) is 1.05. The molecule has 0 saturated heterocycles. The maximum atomic E-state index is 2.42. The van der Waals surface area contributed by atoms with E-state index in [1.54, 1.807) is 5.57 Å². The Morgan fingerprint density at radius 1 is 1.08 bits per heavy atom. The Hall–Kier alpha value is -1.04. The monoisotopic (exact) mass is 170 g/mol. The van der Waals surface area contributed by atoms with E-state index in [-0.39, 0.29) is 0 Å². The van der Waals surface area contributed by atoms with Crippen molar-refractivity contribution in [1.82, 2.24) is 0 Å². The highest BCUT2D eigenvalue weighted by atomic mass is 14.3. The van der Waals surface area contributed by atoms with Gasteiger partial charge in [0.05, 0.1) is 0 Å². The van der Waals surface area contributed by atoms with Gasteiger partial charge in [-0.1, -0.05) is 42.0 Å². The fourth-order valence-electron chi connectivity index (χ4n) is 2.70. The van der Waals surface area contributed by atoms with Crippen molar-refractivity contribution in [1.29, 1.82) is 0 Å². The molecular formula is C13H14. The van der Waals surface area contributed by atoms with Crippen molar-refractivity contribution in [3.63, 3.8) is 0 Å². The summed E-state index contributed by atoms with van der Waals surface area (Å²) < 4.78 is 0. The second kappa shape index (κ2) is 2.73. The molecule has 0 heteroatoms. The number of fused-ring (bicyclic) bond motifs is 2. The van der Waals surface area contributed by atoms with Crippen molar-refractivity contribution < 1.29 is 0 Å². The molecule has 3 aliphatic carbocycles. The van der Waals surface area contributed by atoms with Crippen LogP contribution in [0.4, 0.5) is 0 Å². The predicted octanol–water partition coefficient (Wildman–Crippen LogP) is 3.40. The van der Waals surface area contributed by atoms with E-state index in [4.69, 9.17) is 0 Å². The maximum absolute atomic E-state index is 2.42. The van der Waals surface area contributed by atoms with Gasteiger partial charge in [0.1, 0.15) is 0 Å². The molecule has 66 valence electrons. The number of rotatable bonds is 0. The maximum Gasteiger partial charge on any atom is 0.00519 e. The van der Waals surface area contributed by atoms with Gasteiger partial charge in [0.25, 0.3) is 0 Å². The van der Waals surface area contributed by atoms with Crippen molar-refractivity contribution in [3.05, 3.63) is 47.6 Å². The minimum Gasteiger partial charge on any atom is -0.0879 e. The molecule has 13 heavy (non-hydrogen) atoms. The Morgan fingerprint density at radius 3 is 3.08 bits per heavy atom. The molecule has 0 aromatic carbocycles. The molecule has 0 spiro atoms. The van der Waals surface area contributed by atoms with Gasteiger partial charge in [-0.25, -0.2) is 0 Å². The summed E-state index contributed by atoms with van der Waals surface area (Å²) in [4.78, 5) is 0. The van der Waals surface area contributed by atoms with E-state index in [1.165, 1.54) is 24.8 Å². The molecule has 0 amide bonds. The molecule has 3 rings (SSSR count). The molecule has 3 aliphatic rings. The molecule has 0 aromatic rings. The Balaban J connectivity index is 2.02. The largest absolute Gasteiger partial charge is 0.0879 e. The minimum absolute atomic E-state index is 0.726. The Morgan fingerprint density at radius 2 is 2.08 bits per heavy atom. The lowest BCUT2D eigenvalue weighted by atomic mass is 9.75. The van der Waals surface area contributed by atoms with Gasteiger partial charge in [-0.05, 0) is 30.8 Å². The first-order valence-corrected chi connectivity index (χ1v) is 5.19. The molecule has 0 nitrogen and oxygen atoms in total. The van der Waals surface area contributed by atoms with E-state index in [9.17, 15) is 0 Å². The first kappa shape index (κ1) is 7.37. The zero-order chi connectivity index (χ0) is 8.67. The number of allylic oxidation sites excluding steroid dienone is 8. The van der Waals surface area contributed by atoms with Crippen LogP contribution in [0.3, 0.4) is 0 Å². The van der Waals surface area contributed by atoms with Gasteiger partial charge in [-0.3, -0.25) is 0 Å². The summed E-state index contributed by atoms with van der Waals surface area (Å²) in [5.74, 6) is 1.52. The fourth-order valence-corrected chi connectivity index (χ4v) is 2.70. The van der Waals surface area contributed by atoms with Crippen molar-refractivity contribution in [2.24, 2.45) is 11.8 Å². The summed E-state index contributed by atoms with van der Waals surface area (Å²) in [7, 11) is 0. The summed E-state index contributed by atoms with van der Waals surface area (Å²) in [5, 5.41) is 0. The fraction of sp³-hybridized carbons (Fsp3) is 0.385. The Labute approximate surface area is 79.3 Å². The van der Waals surface area contributed by atoms with Crippen LogP contribution in [0.15, 0.2) is 47.6 Å². The SMILES string of the molecule is C1=CC2C3=C(C=CC3)C=CC2CC1. The van der Waals surface area contributed by atoms with Crippen molar-refractivity contribution >= 4 is 0 Å². The lowest BCUT2D eigenvalue weighted by Crippen LogP contribution is -2.18. The van der Waals surface area contributed by atoms with Gasteiger partial charge in [0, 0.05) is 5.92 Å². The molecule has 0 fully saturated rings. The third-order valence-electron chi connectivity index (χ3n) is 3.40. The third-order valence-corrected chi connectivity index (χ3v) is 3.40. The zero-order valence-electron chi connectivity index (χ0n) is 7.74. The van der Waals surface area contributed by atoms with Crippen LogP contribution >= 0.6 is 0 Å². The predicted molar refractivity (Wildman–Crippen MR) is 55.3 cm³/mol. The molecule has 0 radical (unpaired) electrons. The standard InChI is InChI=1S/C13H14/c1-2-6-12-10(4-1)8-9-11-5-3-7-13(11)12/h2-3,5-6,8-10,12H,1,4,7H2. The topological polar surface area (TPSA) is 0 Å². The summed E-state index contributed by atoms with van der Waals surface area (Å²) in [6.07, 6.45) is 17.8. The first-order chi connectivity index (χ1) is 6.45. The molecular weight excluding hydrogens is 156 g/mol. The van der Waals surface area contributed by atoms with Crippen LogP contribution in [-0.2, 0) is 0 Å². The van der Waals surface area contributed by atoms with Crippen LogP contribution in [0.25, 0.3) is 0 Å². The van der Waals surface area contributed by atoms with Crippen molar-refractivity contribution in [2.75, 3.05) is 0 Å². The van der Waals surface area contributed by atoms with E-state index in [1.807, 2.05) is 0 Å². The summed E-state index contributed by atoms with van der Waals surface area (Å²) in [5.41, 5.74) is 3.14. The van der Waals surface area contributed by atoms with E-state index in [2.05, 4.69) is 36.5 Å². The Kier molecular flexibility index (Phi) is 1.55. The molecule has 0 saturated carbocycles. The first-order valence-electron chi connectivity index (χ1n) is 5.19. The van der Waals surface area contributed by atoms with Crippen LogP contribution in [0.5, 0.6) is 0 Å². The van der Waals surface area contributed by atoms with E-state index in [0.29, 0.717) is 0 Å². The molecule has 2 unspecified atom stereocenters. The van der Waals surface area contributed by atoms with Crippen LogP contribution < -0.4 is 0 Å². The molecule has 0 aromatic heterocycles. The highest BCUT2D eigenvalue weighted by Gasteiger charge is 2.27. The van der Waals surface area contributed by atoms with Gasteiger partial charge >= 0.3 is 0 Å². The summed E-state index contributed by atoms with van der Waals surface area (Å²) >= 11 is 0. The van der Waals surface area contributed by atoms with Gasteiger partial charge in [0.15, 0.2) is 0 Å². The molecule has 0 heterocycles. The number of hydrogen-bond acceptors (Lipinski definition) is 0. The average molecular weight is 170 g/mol. The normalized spacial score (nSPS) is 35.1. The van der Waals surface area contributed by atoms with Gasteiger partial charge in [-0.15, -0.1) is 0 Å². The smallest absolute Gasteiger partial charge is 0.00519 e. The van der Waals surface area contributed by atoms with Crippen molar-refractivity contribution in [3.8, 4) is 0 Å². The van der Waals surface area contributed by atoms with Gasteiger partial charge in [-0.2, -0.15) is 0 Å². The number of hydrogen-bond donors (Lipinski definition) is 0. The molecule has 0 aliphatic heterocycles. The molecule has 0 bridgehead atoms. The second-order valence-electron chi connectivity index (χ2n) is 4.14. The van der Waals surface area contributed by atoms with Crippen molar-refractivity contribution in [2.45, 2.75) is 19.3 Å². The average Bonchev–Trinajstić information content (AvgIpc) is 2.65. The molecule has 0 N–H and O–H groups in total. The van der Waals surface area contributed by atoms with Crippen LogP contribution in [0.2, 0.25) is 0 Å². The molecule has 2 atom stereocenters. The summed E-state index contributed by atoms with van der Waals surface area (Å²) in [6.45, 7) is 0.